The van der Waals surface area contributed by atoms with E-state index >= 15 is 0 Å². The lowest BCUT2D eigenvalue weighted by Crippen LogP contribution is -2.29. The summed E-state index contributed by atoms with van der Waals surface area (Å²) in [6, 6.07) is 21.3. The highest BCUT2D eigenvalue weighted by molar-refractivity contribution is 7.88. The summed E-state index contributed by atoms with van der Waals surface area (Å²) in [6.45, 7) is 2.49. The molecule has 3 aromatic rings. The molecule has 4 nitrogen and oxygen atoms in total. The van der Waals surface area contributed by atoms with Gasteiger partial charge in [-0.05, 0) is 23.9 Å². The molecule has 0 aromatic heterocycles. The Labute approximate surface area is 148 Å². The van der Waals surface area contributed by atoms with Crippen molar-refractivity contribution in [1.29, 1.82) is 0 Å². The second-order valence-corrected chi connectivity index (χ2v) is 7.77. The van der Waals surface area contributed by atoms with Crippen LogP contribution in [0.2, 0.25) is 0 Å². The van der Waals surface area contributed by atoms with Gasteiger partial charge in [0.05, 0.1) is 5.75 Å². The van der Waals surface area contributed by atoms with Gasteiger partial charge in [-0.2, -0.15) is 0 Å². The maximum Gasteiger partial charge on any atom is 0.215 e. The average Bonchev–Trinajstić information content (AvgIpc) is 2.61. The molecule has 0 spiro atoms. The van der Waals surface area contributed by atoms with Gasteiger partial charge in [0.15, 0.2) is 0 Å². The van der Waals surface area contributed by atoms with Crippen LogP contribution < -0.4 is 9.46 Å². The van der Waals surface area contributed by atoms with Crippen molar-refractivity contribution in [1.82, 2.24) is 4.72 Å². The topological polar surface area (TPSA) is 55.4 Å². The molecule has 1 N–H and O–H groups in total. The quantitative estimate of drug-likeness (QED) is 0.658. The van der Waals surface area contributed by atoms with Crippen LogP contribution in [-0.2, 0) is 15.8 Å². The summed E-state index contributed by atoms with van der Waals surface area (Å²) in [5.41, 5.74) is 1.88. The number of aryl methyl sites for hydroxylation is 1. The average molecular weight is 355 g/mol. The van der Waals surface area contributed by atoms with E-state index in [9.17, 15) is 8.42 Å². The highest BCUT2D eigenvalue weighted by Crippen LogP contribution is 2.24. The molecule has 3 rings (SSSR count). The molecule has 3 aromatic carbocycles. The molecule has 0 amide bonds. The molecular formula is C20H21NO3S. The maximum absolute atomic E-state index is 12.1. The van der Waals surface area contributed by atoms with Crippen molar-refractivity contribution in [2.24, 2.45) is 0 Å². The molecule has 0 saturated carbocycles. The Morgan fingerprint density at radius 2 is 1.64 bits per heavy atom. The molecule has 0 bridgehead atoms. The largest absolute Gasteiger partial charge is 0.492 e. The number of hydrogen-bond donors (Lipinski definition) is 1. The van der Waals surface area contributed by atoms with Gasteiger partial charge in [0.2, 0.25) is 10.0 Å². The monoisotopic (exact) mass is 355 g/mol. The zero-order valence-corrected chi connectivity index (χ0v) is 14.9. The molecule has 0 radical (unpaired) electrons. The number of ether oxygens (including phenoxy) is 1. The fourth-order valence-electron chi connectivity index (χ4n) is 2.63. The number of sulfonamides is 1. The van der Waals surface area contributed by atoms with Crippen LogP contribution in [0.3, 0.4) is 0 Å². The maximum atomic E-state index is 12.1. The van der Waals surface area contributed by atoms with Crippen LogP contribution in [0.1, 0.15) is 11.1 Å². The van der Waals surface area contributed by atoms with Crippen molar-refractivity contribution >= 4 is 20.8 Å². The standard InChI is InChI=1S/C20H21NO3S/c1-16-9-11-17(12-10-16)15-25(22,23)21-13-14-24-20-8-4-6-18-5-2-3-7-19(18)20/h2-12,21H,13-15H2,1H3. The van der Waals surface area contributed by atoms with Crippen LogP contribution in [0.4, 0.5) is 0 Å². The predicted octanol–water partition coefficient (Wildman–Crippen LogP) is 3.65. The first-order valence-corrected chi connectivity index (χ1v) is 9.82. The summed E-state index contributed by atoms with van der Waals surface area (Å²) in [5, 5.41) is 2.12. The highest BCUT2D eigenvalue weighted by Gasteiger charge is 2.11. The normalized spacial score (nSPS) is 11.6. The van der Waals surface area contributed by atoms with Gasteiger partial charge in [-0.1, -0.05) is 66.2 Å². The van der Waals surface area contributed by atoms with Crippen molar-refractivity contribution in [3.05, 3.63) is 77.9 Å². The molecule has 0 atom stereocenters. The van der Waals surface area contributed by atoms with E-state index in [1.54, 1.807) is 0 Å². The Morgan fingerprint density at radius 3 is 2.44 bits per heavy atom. The van der Waals surface area contributed by atoms with Crippen molar-refractivity contribution in [2.75, 3.05) is 13.2 Å². The van der Waals surface area contributed by atoms with E-state index < -0.39 is 10.0 Å². The summed E-state index contributed by atoms with van der Waals surface area (Å²) in [4.78, 5) is 0. The van der Waals surface area contributed by atoms with Crippen LogP contribution in [0.15, 0.2) is 66.7 Å². The summed E-state index contributed by atoms with van der Waals surface area (Å²) < 4.78 is 32.6. The summed E-state index contributed by atoms with van der Waals surface area (Å²) in [6.07, 6.45) is 0. The third-order valence-corrected chi connectivity index (χ3v) is 5.27. The van der Waals surface area contributed by atoms with Gasteiger partial charge in [-0.15, -0.1) is 0 Å². The summed E-state index contributed by atoms with van der Waals surface area (Å²) in [7, 11) is -3.37. The molecule has 0 aliphatic heterocycles. The molecule has 0 saturated heterocycles. The van der Waals surface area contributed by atoms with Crippen molar-refractivity contribution in [2.45, 2.75) is 12.7 Å². The smallest absolute Gasteiger partial charge is 0.215 e. The molecular weight excluding hydrogens is 334 g/mol. The van der Waals surface area contributed by atoms with Crippen LogP contribution in [-0.4, -0.2) is 21.6 Å². The molecule has 0 unspecified atom stereocenters. The first-order chi connectivity index (χ1) is 12.0. The minimum Gasteiger partial charge on any atom is -0.492 e. The van der Waals surface area contributed by atoms with Crippen LogP contribution in [0.25, 0.3) is 10.8 Å². The lowest BCUT2D eigenvalue weighted by Gasteiger charge is -2.10. The van der Waals surface area contributed by atoms with Gasteiger partial charge in [-0.25, -0.2) is 13.1 Å². The van der Waals surface area contributed by atoms with E-state index in [4.69, 9.17) is 4.74 Å². The first-order valence-electron chi connectivity index (χ1n) is 8.17. The highest BCUT2D eigenvalue weighted by atomic mass is 32.2. The van der Waals surface area contributed by atoms with E-state index in [0.717, 1.165) is 27.6 Å². The van der Waals surface area contributed by atoms with E-state index in [-0.39, 0.29) is 18.9 Å². The van der Waals surface area contributed by atoms with Gasteiger partial charge >= 0.3 is 0 Å². The number of rotatable bonds is 7. The molecule has 0 fully saturated rings. The molecule has 0 aliphatic carbocycles. The minimum atomic E-state index is -3.37. The Hall–Kier alpha value is -2.37. The number of benzene rings is 3. The number of fused-ring (bicyclic) bond motifs is 1. The third kappa shape index (κ3) is 4.81. The Kier molecular flexibility index (Phi) is 5.36. The second-order valence-electron chi connectivity index (χ2n) is 5.96. The minimum absolute atomic E-state index is 0.0262. The predicted molar refractivity (Wildman–Crippen MR) is 101 cm³/mol. The summed E-state index contributed by atoms with van der Waals surface area (Å²) in [5.74, 6) is 0.734. The van der Waals surface area contributed by atoms with E-state index in [1.165, 1.54) is 0 Å². The van der Waals surface area contributed by atoms with Crippen molar-refractivity contribution in [3.63, 3.8) is 0 Å². The van der Waals surface area contributed by atoms with Crippen LogP contribution in [0, 0.1) is 6.92 Å². The number of nitrogens with one attached hydrogen (secondary N) is 1. The fourth-order valence-corrected chi connectivity index (χ4v) is 3.76. The van der Waals surface area contributed by atoms with Crippen LogP contribution in [0.5, 0.6) is 5.75 Å². The Balaban J connectivity index is 1.54. The zero-order valence-electron chi connectivity index (χ0n) is 14.1. The van der Waals surface area contributed by atoms with Gasteiger partial charge in [0.25, 0.3) is 0 Å². The Morgan fingerprint density at radius 1 is 0.920 bits per heavy atom. The summed E-state index contributed by atoms with van der Waals surface area (Å²) >= 11 is 0. The zero-order chi connectivity index (χ0) is 17.7. The molecule has 25 heavy (non-hydrogen) atoms. The van der Waals surface area contributed by atoms with Gasteiger partial charge in [0, 0.05) is 11.9 Å². The van der Waals surface area contributed by atoms with E-state index in [0.29, 0.717) is 0 Å². The number of hydrogen-bond acceptors (Lipinski definition) is 3. The lowest BCUT2D eigenvalue weighted by molar-refractivity contribution is 0.326. The first kappa shape index (κ1) is 17.5. The molecule has 130 valence electrons. The van der Waals surface area contributed by atoms with Gasteiger partial charge < -0.3 is 4.74 Å². The van der Waals surface area contributed by atoms with E-state index in [2.05, 4.69) is 4.72 Å². The SMILES string of the molecule is Cc1ccc(CS(=O)(=O)NCCOc2cccc3ccccc23)cc1. The Bertz CT molecular complexity index is 945. The fraction of sp³-hybridized carbons (Fsp3) is 0.200. The van der Waals surface area contributed by atoms with Crippen molar-refractivity contribution < 1.29 is 13.2 Å². The van der Waals surface area contributed by atoms with Crippen molar-refractivity contribution in [3.8, 4) is 5.75 Å². The van der Waals surface area contributed by atoms with Crippen LogP contribution >= 0.6 is 0 Å². The second kappa shape index (κ2) is 7.68. The van der Waals surface area contributed by atoms with Gasteiger partial charge in [-0.3, -0.25) is 0 Å². The van der Waals surface area contributed by atoms with Gasteiger partial charge in [0.1, 0.15) is 12.4 Å². The van der Waals surface area contributed by atoms with E-state index in [1.807, 2.05) is 73.7 Å². The third-order valence-electron chi connectivity index (χ3n) is 3.91. The lowest BCUT2D eigenvalue weighted by atomic mass is 10.1. The molecule has 5 heteroatoms. The molecule has 0 aliphatic rings. The molecule has 0 heterocycles.